The summed E-state index contributed by atoms with van der Waals surface area (Å²) in [6.45, 7) is 12.2. The average molecular weight is 296 g/mol. The molecular weight excluding hydrogens is 270 g/mol. The fraction of sp³-hybridized carbons (Fsp3) is 0.625. The van der Waals surface area contributed by atoms with Gasteiger partial charge in [-0.25, -0.2) is 0 Å². The standard InChI is InChI=1S/C16H26ClN3/c1-13(2)18-12-14(3)19-8-10-20(11-9-19)16-6-4-15(17)5-7-16/h4-7,13-14,18H,8-12H2,1-3H3. The first-order valence-electron chi connectivity index (χ1n) is 7.54. The highest BCUT2D eigenvalue weighted by molar-refractivity contribution is 6.30. The molecule has 0 aromatic heterocycles. The van der Waals surface area contributed by atoms with Crippen LogP contribution < -0.4 is 10.2 Å². The first-order chi connectivity index (χ1) is 9.56. The molecule has 0 saturated carbocycles. The normalized spacial score (nSPS) is 18.6. The van der Waals surface area contributed by atoms with E-state index in [1.807, 2.05) is 12.1 Å². The Balaban J connectivity index is 1.81. The molecule has 1 aromatic rings. The van der Waals surface area contributed by atoms with Crippen LogP contribution >= 0.6 is 11.6 Å². The van der Waals surface area contributed by atoms with Crippen molar-refractivity contribution >= 4 is 17.3 Å². The van der Waals surface area contributed by atoms with Crippen LogP contribution in [0.25, 0.3) is 0 Å². The quantitative estimate of drug-likeness (QED) is 0.901. The summed E-state index contributed by atoms with van der Waals surface area (Å²) in [4.78, 5) is 5.01. The Morgan fingerprint density at radius 2 is 1.65 bits per heavy atom. The number of anilines is 1. The highest BCUT2D eigenvalue weighted by Crippen LogP contribution is 2.19. The van der Waals surface area contributed by atoms with Crippen LogP contribution in [0.3, 0.4) is 0 Å². The fourth-order valence-corrected chi connectivity index (χ4v) is 2.73. The molecule has 1 aliphatic heterocycles. The molecule has 1 atom stereocenters. The molecule has 4 heteroatoms. The lowest BCUT2D eigenvalue weighted by Crippen LogP contribution is -2.52. The zero-order chi connectivity index (χ0) is 14.5. The Bertz CT molecular complexity index is 397. The van der Waals surface area contributed by atoms with Crippen molar-refractivity contribution in [2.45, 2.75) is 32.9 Å². The van der Waals surface area contributed by atoms with E-state index < -0.39 is 0 Å². The lowest BCUT2D eigenvalue weighted by Gasteiger charge is -2.39. The molecule has 0 spiro atoms. The summed E-state index contributed by atoms with van der Waals surface area (Å²) in [5, 5.41) is 4.33. The first-order valence-corrected chi connectivity index (χ1v) is 7.92. The molecule has 1 unspecified atom stereocenters. The van der Waals surface area contributed by atoms with E-state index in [9.17, 15) is 0 Å². The van der Waals surface area contributed by atoms with Gasteiger partial charge in [0.2, 0.25) is 0 Å². The highest BCUT2D eigenvalue weighted by atomic mass is 35.5. The molecule has 1 heterocycles. The number of piperazine rings is 1. The van der Waals surface area contributed by atoms with Gasteiger partial charge in [-0.2, -0.15) is 0 Å². The third-order valence-electron chi connectivity index (χ3n) is 3.95. The summed E-state index contributed by atoms with van der Waals surface area (Å²) in [7, 11) is 0. The van der Waals surface area contributed by atoms with E-state index in [2.05, 4.69) is 48.0 Å². The van der Waals surface area contributed by atoms with Gasteiger partial charge in [-0.05, 0) is 31.2 Å². The fourth-order valence-electron chi connectivity index (χ4n) is 2.61. The summed E-state index contributed by atoms with van der Waals surface area (Å²) in [6.07, 6.45) is 0. The van der Waals surface area contributed by atoms with Gasteiger partial charge < -0.3 is 10.2 Å². The van der Waals surface area contributed by atoms with Crippen molar-refractivity contribution in [2.24, 2.45) is 0 Å². The van der Waals surface area contributed by atoms with Crippen molar-refractivity contribution in [1.29, 1.82) is 0 Å². The third-order valence-corrected chi connectivity index (χ3v) is 4.20. The predicted octanol–water partition coefficient (Wildman–Crippen LogP) is 2.85. The lowest BCUT2D eigenvalue weighted by molar-refractivity contribution is 0.191. The molecule has 20 heavy (non-hydrogen) atoms. The zero-order valence-electron chi connectivity index (χ0n) is 12.8. The first kappa shape index (κ1) is 15.6. The van der Waals surface area contributed by atoms with E-state index in [0.29, 0.717) is 12.1 Å². The summed E-state index contributed by atoms with van der Waals surface area (Å²) < 4.78 is 0. The van der Waals surface area contributed by atoms with E-state index in [1.54, 1.807) is 0 Å². The number of halogens is 1. The van der Waals surface area contributed by atoms with Crippen LogP contribution in [0.1, 0.15) is 20.8 Å². The van der Waals surface area contributed by atoms with Gasteiger partial charge >= 0.3 is 0 Å². The Labute approximate surface area is 127 Å². The van der Waals surface area contributed by atoms with Gasteiger partial charge in [0.05, 0.1) is 0 Å². The van der Waals surface area contributed by atoms with E-state index in [-0.39, 0.29) is 0 Å². The van der Waals surface area contributed by atoms with E-state index in [1.165, 1.54) is 5.69 Å². The van der Waals surface area contributed by atoms with Gasteiger partial charge in [-0.1, -0.05) is 25.4 Å². The SMILES string of the molecule is CC(C)NCC(C)N1CCN(c2ccc(Cl)cc2)CC1. The van der Waals surface area contributed by atoms with E-state index in [4.69, 9.17) is 11.6 Å². The molecule has 1 fully saturated rings. The second-order valence-corrected chi connectivity index (χ2v) is 6.35. The molecular formula is C16H26ClN3. The minimum absolute atomic E-state index is 0.563. The summed E-state index contributed by atoms with van der Waals surface area (Å²) in [5.74, 6) is 0. The molecule has 0 bridgehead atoms. The van der Waals surface area contributed by atoms with Gasteiger partial charge in [-0.15, -0.1) is 0 Å². The maximum Gasteiger partial charge on any atom is 0.0407 e. The second kappa shape index (κ2) is 7.30. The Morgan fingerprint density at radius 3 is 2.20 bits per heavy atom. The number of hydrogen-bond donors (Lipinski definition) is 1. The van der Waals surface area contributed by atoms with Gasteiger partial charge in [0.1, 0.15) is 0 Å². The molecule has 1 N–H and O–H groups in total. The van der Waals surface area contributed by atoms with Crippen LogP contribution in [0.5, 0.6) is 0 Å². The molecule has 3 nitrogen and oxygen atoms in total. The summed E-state index contributed by atoms with van der Waals surface area (Å²) >= 11 is 5.94. The number of nitrogens with zero attached hydrogens (tertiary/aromatic N) is 2. The molecule has 0 aliphatic carbocycles. The molecule has 1 aromatic carbocycles. The van der Waals surface area contributed by atoms with Crippen LogP contribution in [0, 0.1) is 0 Å². The van der Waals surface area contributed by atoms with Crippen molar-refractivity contribution in [3.05, 3.63) is 29.3 Å². The van der Waals surface area contributed by atoms with E-state index >= 15 is 0 Å². The Kier molecular flexibility index (Phi) is 5.70. The van der Waals surface area contributed by atoms with Crippen LogP contribution in [-0.4, -0.2) is 49.7 Å². The van der Waals surface area contributed by atoms with Gasteiger partial charge in [-0.3, -0.25) is 4.90 Å². The average Bonchev–Trinajstić information content (AvgIpc) is 2.46. The summed E-state index contributed by atoms with van der Waals surface area (Å²) in [6, 6.07) is 9.33. The monoisotopic (exact) mass is 295 g/mol. The van der Waals surface area contributed by atoms with Crippen molar-refractivity contribution < 1.29 is 0 Å². The smallest absolute Gasteiger partial charge is 0.0407 e. The maximum atomic E-state index is 5.94. The van der Waals surface area contributed by atoms with Crippen LogP contribution in [0.15, 0.2) is 24.3 Å². The predicted molar refractivity (Wildman–Crippen MR) is 87.8 cm³/mol. The summed E-state index contributed by atoms with van der Waals surface area (Å²) in [5.41, 5.74) is 1.28. The molecule has 1 aliphatic rings. The van der Waals surface area contributed by atoms with Crippen molar-refractivity contribution in [2.75, 3.05) is 37.6 Å². The van der Waals surface area contributed by atoms with Crippen molar-refractivity contribution in [3.8, 4) is 0 Å². The van der Waals surface area contributed by atoms with Gasteiger partial charge in [0.25, 0.3) is 0 Å². The molecule has 0 radical (unpaired) electrons. The minimum atomic E-state index is 0.563. The topological polar surface area (TPSA) is 18.5 Å². The molecule has 2 rings (SSSR count). The van der Waals surface area contributed by atoms with Gasteiger partial charge in [0, 0.05) is 55.5 Å². The minimum Gasteiger partial charge on any atom is -0.369 e. The van der Waals surface area contributed by atoms with E-state index in [0.717, 1.165) is 37.7 Å². The molecule has 0 amide bonds. The Morgan fingerprint density at radius 1 is 1.05 bits per heavy atom. The zero-order valence-corrected chi connectivity index (χ0v) is 13.5. The number of rotatable bonds is 5. The van der Waals surface area contributed by atoms with Crippen molar-refractivity contribution in [1.82, 2.24) is 10.2 Å². The Hall–Kier alpha value is -0.770. The number of hydrogen-bond acceptors (Lipinski definition) is 3. The molecule has 1 saturated heterocycles. The largest absolute Gasteiger partial charge is 0.369 e. The lowest BCUT2D eigenvalue weighted by atomic mass is 10.2. The number of nitrogens with one attached hydrogen (secondary N) is 1. The van der Waals surface area contributed by atoms with Crippen LogP contribution in [0.4, 0.5) is 5.69 Å². The van der Waals surface area contributed by atoms with Crippen LogP contribution in [-0.2, 0) is 0 Å². The van der Waals surface area contributed by atoms with Crippen LogP contribution in [0.2, 0.25) is 5.02 Å². The second-order valence-electron chi connectivity index (χ2n) is 5.91. The third kappa shape index (κ3) is 4.37. The number of benzene rings is 1. The molecule has 112 valence electrons. The maximum absolute atomic E-state index is 5.94. The highest BCUT2D eigenvalue weighted by Gasteiger charge is 2.21. The van der Waals surface area contributed by atoms with Crippen molar-refractivity contribution in [3.63, 3.8) is 0 Å². The van der Waals surface area contributed by atoms with Gasteiger partial charge in [0.15, 0.2) is 0 Å².